The summed E-state index contributed by atoms with van der Waals surface area (Å²) in [5.41, 5.74) is 4.30. The van der Waals surface area contributed by atoms with Gasteiger partial charge in [0.15, 0.2) is 5.65 Å². The van der Waals surface area contributed by atoms with Crippen LogP contribution in [0.2, 0.25) is 0 Å². The lowest BCUT2D eigenvalue weighted by Gasteiger charge is -2.35. The molecule has 3 aromatic rings. The van der Waals surface area contributed by atoms with Crippen LogP contribution in [-0.4, -0.2) is 40.3 Å². The minimum atomic E-state index is -0.0290. The molecule has 0 spiro atoms. The van der Waals surface area contributed by atoms with Crippen molar-refractivity contribution in [2.45, 2.75) is 45.7 Å². The number of ether oxygens (including phenoxy) is 2. The fourth-order valence-corrected chi connectivity index (χ4v) is 4.13. The second kappa shape index (κ2) is 7.91. The second-order valence-corrected chi connectivity index (χ2v) is 7.74. The zero-order chi connectivity index (χ0) is 20.5. The molecule has 1 saturated heterocycles. The minimum Gasteiger partial charge on any atom is -0.497 e. The fourth-order valence-electron chi connectivity index (χ4n) is 4.13. The zero-order valence-corrected chi connectivity index (χ0v) is 17.5. The van der Waals surface area contributed by atoms with Crippen molar-refractivity contribution in [1.29, 1.82) is 0 Å². The van der Waals surface area contributed by atoms with Crippen LogP contribution >= 0.6 is 0 Å². The number of likely N-dealkylation sites (tertiary alicyclic amines) is 1. The number of methoxy groups -OCH3 is 2. The van der Waals surface area contributed by atoms with E-state index in [1.165, 1.54) is 6.42 Å². The standard InChI is InChI=1S/C22H28N4O3/c1-14-15(2)23-21-12-19(24-26(21)22(14)27)20-7-5-6-8-25(20)13-16-9-17(28-3)11-18(10-16)29-4/h9-12,20,24H,5-8,13H2,1-4H3. The average Bonchev–Trinajstić information content (AvgIpc) is 3.16. The predicted molar refractivity (Wildman–Crippen MR) is 112 cm³/mol. The number of aromatic amines is 1. The number of piperidine rings is 1. The van der Waals surface area contributed by atoms with Gasteiger partial charge in [0, 0.05) is 29.9 Å². The summed E-state index contributed by atoms with van der Waals surface area (Å²) in [4.78, 5) is 19.6. The Morgan fingerprint density at radius 1 is 1.10 bits per heavy atom. The van der Waals surface area contributed by atoms with Gasteiger partial charge in [-0.15, -0.1) is 0 Å². The van der Waals surface area contributed by atoms with Gasteiger partial charge >= 0.3 is 0 Å². The Morgan fingerprint density at radius 2 is 1.83 bits per heavy atom. The maximum absolute atomic E-state index is 12.6. The fraction of sp³-hybridized carbons (Fsp3) is 0.455. The topological polar surface area (TPSA) is 71.9 Å². The minimum absolute atomic E-state index is 0.0290. The first-order chi connectivity index (χ1) is 14.0. The van der Waals surface area contributed by atoms with Crippen molar-refractivity contribution in [3.05, 3.63) is 57.1 Å². The van der Waals surface area contributed by atoms with Crippen LogP contribution < -0.4 is 15.0 Å². The van der Waals surface area contributed by atoms with E-state index in [9.17, 15) is 4.79 Å². The van der Waals surface area contributed by atoms with Gasteiger partial charge in [-0.05, 0) is 50.9 Å². The molecule has 2 aromatic heterocycles. The lowest BCUT2D eigenvalue weighted by atomic mass is 9.98. The van der Waals surface area contributed by atoms with Gasteiger partial charge in [0.25, 0.3) is 5.56 Å². The Hall–Kier alpha value is -2.80. The second-order valence-electron chi connectivity index (χ2n) is 7.74. The molecule has 4 rings (SSSR count). The van der Waals surface area contributed by atoms with Gasteiger partial charge in [-0.3, -0.25) is 14.8 Å². The summed E-state index contributed by atoms with van der Waals surface area (Å²) in [5.74, 6) is 1.58. The first kappa shape index (κ1) is 19.5. The molecule has 154 valence electrons. The Bertz CT molecular complexity index is 1060. The number of benzene rings is 1. The van der Waals surface area contributed by atoms with Crippen LogP contribution in [0.3, 0.4) is 0 Å². The summed E-state index contributed by atoms with van der Waals surface area (Å²) >= 11 is 0. The summed E-state index contributed by atoms with van der Waals surface area (Å²) < 4.78 is 12.4. The van der Waals surface area contributed by atoms with Crippen molar-refractivity contribution < 1.29 is 9.47 Å². The highest BCUT2D eigenvalue weighted by molar-refractivity contribution is 5.42. The summed E-state index contributed by atoms with van der Waals surface area (Å²) in [5, 5.41) is 3.31. The van der Waals surface area contributed by atoms with Crippen LogP contribution in [0.1, 0.15) is 47.8 Å². The number of hydrogen-bond donors (Lipinski definition) is 1. The van der Waals surface area contributed by atoms with Crippen LogP contribution in [0.5, 0.6) is 11.5 Å². The third-order valence-electron chi connectivity index (χ3n) is 5.87. The van der Waals surface area contributed by atoms with Crippen molar-refractivity contribution in [1.82, 2.24) is 19.5 Å². The molecule has 1 aromatic carbocycles. The highest BCUT2D eigenvalue weighted by Gasteiger charge is 2.26. The third kappa shape index (κ3) is 3.74. The van der Waals surface area contributed by atoms with Crippen LogP contribution in [0.4, 0.5) is 0 Å². The Kier molecular flexibility index (Phi) is 5.32. The van der Waals surface area contributed by atoms with Crippen LogP contribution in [0.15, 0.2) is 29.1 Å². The SMILES string of the molecule is COc1cc(CN2CCCCC2c2cc3nc(C)c(C)c(=O)n3[nH]2)cc(OC)c1. The molecule has 7 heteroatoms. The smallest absolute Gasteiger partial charge is 0.275 e. The van der Waals surface area contributed by atoms with E-state index in [1.807, 2.05) is 26.0 Å². The maximum atomic E-state index is 12.6. The molecular formula is C22H28N4O3. The molecule has 7 nitrogen and oxygen atoms in total. The number of nitrogens with zero attached hydrogens (tertiary/aromatic N) is 3. The molecule has 1 unspecified atom stereocenters. The van der Waals surface area contributed by atoms with Crippen LogP contribution in [-0.2, 0) is 6.54 Å². The van der Waals surface area contributed by atoms with Crippen molar-refractivity contribution in [3.8, 4) is 11.5 Å². The lowest BCUT2D eigenvalue weighted by molar-refractivity contribution is 0.137. The highest BCUT2D eigenvalue weighted by atomic mass is 16.5. The van der Waals surface area contributed by atoms with Crippen molar-refractivity contribution in [2.24, 2.45) is 0 Å². The van der Waals surface area contributed by atoms with E-state index < -0.39 is 0 Å². The van der Waals surface area contributed by atoms with Gasteiger partial charge in [-0.1, -0.05) is 6.42 Å². The van der Waals surface area contributed by atoms with Crippen molar-refractivity contribution >= 4 is 5.65 Å². The summed E-state index contributed by atoms with van der Waals surface area (Å²) in [6.07, 6.45) is 3.37. The molecule has 0 amide bonds. The van der Waals surface area contributed by atoms with Crippen LogP contribution in [0.25, 0.3) is 5.65 Å². The monoisotopic (exact) mass is 396 g/mol. The number of aryl methyl sites for hydroxylation is 1. The number of fused-ring (bicyclic) bond motifs is 1. The van der Waals surface area contributed by atoms with E-state index in [4.69, 9.17) is 9.47 Å². The van der Waals surface area contributed by atoms with Crippen LogP contribution in [0, 0.1) is 13.8 Å². The normalized spacial score (nSPS) is 17.6. The molecule has 1 aliphatic heterocycles. The maximum Gasteiger partial charge on any atom is 0.275 e. The van der Waals surface area contributed by atoms with Gasteiger partial charge in [0.2, 0.25) is 0 Å². The Balaban J connectivity index is 1.67. The highest BCUT2D eigenvalue weighted by Crippen LogP contribution is 2.33. The molecule has 3 heterocycles. The number of hydrogen-bond acceptors (Lipinski definition) is 5. The van der Waals surface area contributed by atoms with E-state index in [0.29, 0.717) is 11.2 Å². The largest absolute Gasteiger partial charge is 0.497 e. The summed E-state index contributed by atoms with van der Waals surface area (Å²) in [7, 11) is 3.34. The molecule has 29 heavy (non-hydrogen) atoms. The molecule has 1 aliphatic rings. The summed E-state index contributed by atoms with van der Waals surface area (Å²) in [6, 6.07) is 8.22. The van der Waals surface area contributed by atoms with Gasteiger partial charge in [0.05, 0.1) is 26.0 Å². The van der Waals surface area contributed by atoms with Gasteiger partial charge < -0.3 is 9.47 Å². The Labute approximate surface area is 170 Å². The number of H-pyrrole nitrogens is 1. The van der Waals surface area contributed by atoms with Crippen molar-refractivity contribution in [3.63, 3.8) is 0 Å². The van der Waals surface area contributed by atoms with Crippen molar-refractivity contribution in [2.75, 3.05) is 20.8 Å². The molecular weight excluding hydrogens is 368 g/mol. The lowest BCUT2D eigenvalue weighted by Crippen LogP contribution is -2.33. The molecule has 1 fully saturated rings. The average molecular weight is 396 g/mol. The number of rotatable bonds is 5. The quantitative estimate of drug-likeness (QED) is 0.716. The van der Waals surface area contributed by atoms with E-state index in [1.54, 1.807) is 18.7 Å². The number of nitrogens with one attached hydrogen (secondary N) is 1. The molecule has 0 radical (unpaired) electrons. The predicted octanol–water partition coefficient (Wildman–Crippen LogP) is 3.38. The van der Waals surface area contributed by atoms with Gasteiger partial charge in [-0.25, -0.2) is 9.50 Å². The Morgan fingerprint density at radius 3 is 2.52 bits per heavy atom. The van der Waals surface area contributed by atoms with Gasteiger partial charge in [0.1, 0.15) is 11.5 Å². The molecule has 0 saturated carbocycles. The first-order valence-electron chi connectivity index (χ1n) is 10.0. The molecule has 0 aliphatic carbocycles. The van der Waals surface area contributed by atoms with Gasteiger partial charge in [-0.2, -0.15) is 0 Å². The van der Waals surface area contributed by atoms with E-state index in [2.05, 4.69) is 27.1 Å². The molecule has 0 bridgehead atoms. The van der Waals surface area contributed by atoms with E-state index in [0.717, 1.165) is 54.4 Å². The molecule has 1 atom stereocenters. The number of aromatic nitrogens is 3. The zero-order valence-electron chi connectivity index (χ0n) is 17.5. The van der Waals surface area contributed by atoms with E-state index >= 15 is 0 Å². The summed E-state index contributed by atoms with van der Waals surface area (Å²) in [6.45, 7) is 5.49. The third-order valence-corrected chi connectivity index (χ3v) is 5.87. The first-order valence-corrected chi connectivity index (χ1v) is 10.0. The molecule has 1 N–H and O–H groups in total. The van der Waals surface area contributed by atoms with E-state index in [-0.39, 0.29) is 11.6 Å².